The van der Waals surface area contributed by atoms with Gasteiger partial charge in [-0.15, -0.1) is 11.3 Å². The fraction of sp³-hybridized carbons (Fsp3) is 0.571. The van der Waals surface area contributed by atoms with Crippen LogP contribution in [0.15, 0.2) is 12.1 Å². The number of methoxy groups -OCH3 is 1. The standard InChI is InChI=1S/C14H21NO3S/c1-16-10-11-17-8-3-9-18-12-14-6-5-13(19-14)4-2-7-15/h5-6H,3,7-12,15H2,1H3. The average Bonchev–Trinajstić information content (AvgIpc) is 2.87. The first kappa shape index (κ1) is 16.2. The molecule has 0 aliphatic heterocycles. The molecule has 0 saturated carbocycles. The van der Waals surface area contributed by atoms with Crippen molar-refractivity contribution in [3.05, 3.63) is 21.9 Å². The monoisotopic (exact) mass is 283 g/mol. The van der Waals surface area contributed by atoms with Crippen LogP contribution in [0.4, 0.5) is 0 Å². The zero-order chi connectivity index (χ0) is 13.8. The molecule has 0 fully saturated rings. The van der Waals surface area contributed by atoms with Crippen molar-refractivity contribution >= 4 is 11.3 Å². The lowest BCUT2D eigenvalue weighted by Gasteiger charge is -2.04. The van der Waals surface area contributed by atoms with E-state index >= 15 is 0 Å². The molecule has 0 unspecified atom stereocenters. The molecule has 0 atom stereocenters. The van der Waals surface area contributed by atoms with E-state index in [-0.39, 0.29) is 0 Å². The fourth-order valence-corrected chi connectivity index (χ4v) is 2.16. The van der Waals surface area contributed by atoms with Crippen molar-refractivity contribution in [2.24, 2.45) is 5.73 Å². The van der Waals surface area contributed by atoms with Crippen molar-refractivity contribution < 1.29 is 14.2 Å². The summed E-state index contributed by atoms with van der Waals surface area (Å²) < 4.78 is 15.8. The van der Waals surface area contributed by atoms with Gasteiger partial charge >= 0.3 is 0 Å². The van der Waals surface area contributed by atoms with Gasteiger partial charge in [-0.3, -0.25) is 0 Å². The van der Waals surface area contributed by atoms with Crippen LogP contribution in [-0.4, -0.2) is 40.1 Å². The van der Waals surface area contributed by atoms with Crippen molar-refractivity contribution in [3.8, 4) is 11.8 Å². The largest absolute Gasteiger partial charge is 0.382 e. The Morgan fingerprint density at radius 2 is 2.00 bits per heavy atom. The van der Waals surface area contributed by atoms with Gasteiger partial charge in [0.2, 0.25) is 0 Å². The number of hydrogen-bond acceptors (Lipinski definition) is 5. The molecule has 4 nitrogen and oxygen atoms in total. The number of rotatable bonds is 9. The molecule has 0 bridgehead atoms. The molecule has 0 aliphatic rings. The zero-order valence-electron chi connectivity index (χ0n) is 11.3. The Hall–Kier alpha value is -0.900. The maximum atomic E-state index is 5.57. The SMILES string of the molecule is COCCOCCCOCc1ccc(C#CCN)s1. The summed E-state index contributed by atoms with van der Waals surface area (Å²) in [6.45, 7) is 3.73. The maximum absolute atomic E-state index is 5.57. The van der Waals surface area contributed by atoms with Gasteiger partial charge in [0, 0.05) is 25.2 Å². The van der Waals surface area contributed by atoms with Crippen LogP contribution in [0.1, 0.15) is 16.2 Å². The van der Waals surface area contributed by atoms with Gasteiger partial charge in [-0.1, -0.05) is 11.8 Å². The lowest BCUT2D eigenvalue weighted by molar-refractivity contribution is 0.0488. The van der Waals surface area contributed by atoms with Gasteiger partial charge in [0.15, 0.2) is 0 Å². The van der Waals surface area contributed by atoms with Gasteiger partial charge in [-0.2, -0.15) is 0 Å². The predicted octanol–water partition coefficient (Wildman–Crippen LogP) is 1.63. The van der Waals surface area contributed by atoms with Crippen LogP contribution in [-0.2, 0) is 20.8 Å². The second kappa shape index (κ2) is 11.0. The Morgan fingerprint density at radius 3 is 2.79 bits per heavy atom. The van der Waals surface area contributed by atoms with E-state index in [0.717, 1.165) is 11.3 Å². The van der Waals surface area contributed by atoms with Gasteiger partial charge in [0.05, 0.1) is 31.2 Å². The van der Waals surface area contributed by atoms with Gasteiger partial charge in [0.1, 0.15) is 0 Å². The maximum Gasteiger partial charge on any atom is 0.0809 e. The van der Waals surface area contributed by atoms with E-state index in [1.54, 1.807) is 18.4 Å². The van der Waals surface area contributed by atoms with Crippen molar-refractivity contribution in [1.29, 1.82) is 0 Å². The highest BCUT2D eigenvalue weighted by Gasteiger charge is 1.98. The van der Waals surface area contributed by atoms with E-state index in [0.29, 0.717) is 39.6 Å². The van der Waals surface area contributed by atoms with Crippen molar-refractivity contribution in [1.82, 2.24) is 0 Å². The Bertz CT molecular complexity index is 395. The number of ether oxygens (including phenoxy) is 3. The van der Waals surface area contributed by atoms with Gasteiger partial charge in [0.25, 0.3) is 0 Å². The van der Waals surface area contributed by atoms with Crippen molar-refractivity contribution in [2.75, 3.05) is 40.1 Å². The first-order valence-corrected chi connectivity index (χ1v) is 7.10. The molecule has 2 N–H and O–H groups in total. The van der Waals surface area contributed by atoms with Crippen LogP contribution in [0.25, 0.3) is 0 Å². The Balaban J connectivity index is 2.04. The third kappa shape index (κ3) is 7.98. The fourth-order valence-electron chi connectivity index (χ4n) is 1.34. The van der Waals surface area contributed by atoms with Crippen LogP contribution in [0.3, 0.4) is 0 Å². The van der Waals surface area contributed by atoms with Crippen LogP contribution < -0.4 is 5.73 Å². The summed E-state index contributed by atoms with van der Waals surface area (Å²) in [5, 5.41) is 0. The predicted molar refractivity (Wildman–Crippen MR) is 77.2 cm³/mol. The second-order valence-electron chi connectivity index (χ2n) is 3.78. The highest BCUT2D eigenvalue weighted by Crippen LogP contribution is 2.16. The molecule has 5 heteroatoms. The number of hydrogen-bond donors (Lipinski definition) is 1. The van der Waals surface area contributed by atoms with Crippen molar-refractivity contribution in [2.45, 2.75) is 13.0 Å². The molecule has 0 amide bonds. The van der Waals surface area contributed by atoms with E-state index in [4.69, 9.17) is 19.9 Å². The summed E-state index contributed by atoms with van der Waals surface area (Å²) in [4.78, 5) is 2.22. The molecule has 1 rings (SSSR count). The summed E-state index contributed by atoms with van der Waals surface area (Å²) in [5.74, 6) is 5.85. The number of thiophene rings is 1. The van der Waals surface area contributed by atoms with Crippen LogP contribution in [0, 0.1) is 11.8 Å². The lowest BCUT2D eigenvalue weighted by Crippen LogP contribution is -2.05. The summed E-state index contributed by atoms with van der Waals surface area (Å²) in [6.07, 6.45) is 0.898. The number of nitrogens with two attached hydrogens (primary N) is 1. The minimum atomic E-state index is 0.396. The summed E-state index contributed by atoms with van der Waals surface area (Å²) in [7, 11) is 1.67. The molecule has 0 saturated heterocycles. The van der Waals surface area contributed by atoms with Crippen molar-refractivity contribution in [3.63, 3.8) is 0 Å². The molecular formula is C14H21NO3S. The van der Waals surface area contributed by atoms with Gasteiger partial charge < -0.3 is 19.9 Å². The highest BCUT2D eigenvalue weighted by atomic mass is 32.1. The minimum absolute atomic E-state index is 0.396. The third-order valence-electron chi connectivity index (χ3n) is 2.23. The summed E-state index contributed by atoms with van der Waals surface area (Å²) in [6, 6.07) is 4.04. The van der Waals surface area contributed by atoms with E-state index in [9.17, 15) is 0 Å². The topological polar surface area (TPSA) is 53.7 Å². The lowest BCUT2D eigenvalue weighted by atomic mass is 10.4. The Labute approximate surface area is 118 Å². The molecule has 0 spiro atoms. The first-order chi connectivity index (χ1) is 9.36. The molecule has 0 aliphatic carbocycles. The van der Waals surface area contributed by atoms with Gasteiger partial charge in [-0.05, 0) is 18.6 Å². The molecule has 0 radical (unpaired) electrons. The molecule has 1 aromatic heterocycles. The molecule has 106 valence electrons. The zero-order valence-corrected chi connectivity index (χ0v) is 12.1. The quantitative estimate of drug-likeness (QED) is 0.553. The Morgan fingerprint density at radius 1 is 1.16 bits per heavy atom. The normalized spacial score (nSPS) is 10.2. The Kier molecular flexibility index (Phi) is 9.33. The second-order valence-corrected chi connectivity index (χ2v) is 4.95. The third-order valence-corrected chi connectivity index (χ3v) is 3.20. The minimum Gasteiger partial charge on any atom is -0.382 e. The molecule has 1 aromatic rings. The highest BCUT2D eigenvalue weighted by molar-refractivity contribution is 7.12. The van der Waals surface area contributed by atoms with Gasteiger partial charge in [-0.25, -0.2) is 0 Å². The average molecular weight is 283 g/mol. The smallest absolute Gasteiger partial charge is 0.0809 e. The van der Waals surface area contributed by atoms with Crippen LogP contribution in [0.2, 0.25) is 0 Å². The first-order valence-electron chi connectivity index (χ1n) is 6.29. The van der Waals surface area contributed by atoms with E-state index in [1.807, 2.05) is 12.1 Å². The molecule has 19 heavy (non-hydrogen) atoms. The van der Waals surface area contributed by atoms with E-state index in [1.165, 1.54) is 4.88 Å². The van der Waals surface area contributed by atoms with E-state index in [2.05, 4.69) is 11.8 Å². The molecule has 0 aromatic carbocycles. The molecule has 1 heterocycles. The van der Waals surface area contributed by atoms with Crippen LogP contribution >= 0.6 is 11.3 Å². The van der Waals surface area contributed by atoms with Crippen LogP contribution in [0.5, 0.6) is 0 Å². The van der Waals surface area contributed by atoms with E-state index < -0.39 is 0 Å². The summed E-state index contributed by atoms with van der Waals surface area (Å²) >= 11 is 1.65. The summed E-state index contributed by atoms with van der Waals surface area (Å²) in [5.41, 5.74) is 5.33. The molecular weight excluding hydrogens is 262 g/mol.